The second kappa shape index (κ2) is 10.2. The summed E-state index contributed by atoms with van der Waals surface area (Å²) in [4.78, 5) is 10.6. The van der Waals surface area contributed by atoms with Crippen LogP contribution in [0.3, 0.4) is 0 Å². The number of aromatic nitrogens is 3. The van der Waals surface area contributed by atoms with Gasteiger partial charge in [-0.3, -0.25) is 9.67 Å². The van der Waals surface area contributed by atoms with Crippen molar-refractivity contribution in [3.05, 3.63) is 35.4 Å². The molecule has 1 aromatic carbocycles. The first-order valence-electron chi connectivity index (χ1n) is 7.96. The monoisotopic (exact) mass is 474 g/mol. The zero-order valence-corrected chi connectivity index (χ0v) is 18.4. The number of hydrogen-bond donors (Lipinski definition) is 1. The van der Waals surface area contributed by atoms with Crippen molar-refractivity contribution in [2.45, 2.75) is 20.0 Å². The van der Waals surface area contributed by atoms with E-state index < -0.39 is 0 Å². The molecular weight excluding hydrogens is 447 g/mol. The SMILES string of the molecule is CN=C(NCc1ncnn1C)N(C)Cc1cc(OC)c(OC)cc1C.I. The molecule has 0 saturated heterocycles. The molecule has 26 heavy (non-hydrogen) atoms. The minimum absolute atomic E-state index is 0. The molecule has 0 unspecified atom stereocenters. The third-order valence-electron chi connectivity index (χ3n) is 4.03. The first kappa shape index (κ1) is 22.0. The predicted molar refractivity (Wildman–Crippen MR) is 112 cm³/mol. The summed E-state index contributed by atoms with van der Waals surface area (Å²) in [5, 5.41) is 7.37. The lowest BCUT2D eigenvalue weighted by atomic mass is 10.1. The summed E-state index contributed by atoms with van der Waals surface area (Å²) in [6.45, 7) is 3.30. The molecule has 0 atom stereocenters. The second-order valence-electron chi connectivity index (χ2n) is 5.69. The zero-order chi connectivity index (χ0) is 18.4. The largest absolute Gasteiger partial charge is 0.493 e. The van der Waals surface area contributed by atoms with Gasteiger partial charge in [-0.25, -0.2) is 4.98 Å². The number of aryl methyl sites for hydroxylation is 2. The van der Waals surface area contributed by atoms with Crippen LogP contribution in [-0.4, -0.2) is 53.9 Å². The summed E-state index contributed by atoms with van der Waals surface area (Å²) in [6.07, 6.45) is 1.54. The lowest BCUT2D eigenvalue weighted by Crippen LogP contribution is -2.38. The molecule has 0 aliphatic heterocycles. The Bertz CT molecular complexity index is 747. The van der Waals surface area contributed by atoms with Gasteiger partial charge in [0.2, 0.25) is 0 Å². The van der Waals surface area contributed by atoms with Crippen LogP contribution in [0.25, 0.3) is 0 Å². The quantitative estimate of drug-likeness (QED) is 0.392. The summed E-state index contributed by atoms with van der Waals surface area (Å²) in [7, 11) is 8.89. The van der Waals surface area contributed by atoms with E-state index in [-0.39, 0.29) is 24.0 Å². The van der Waals surface area contributed by atoms with E-state index in [0.29, 0.717) is 13.1 Å². The lowest BCUT2D eigenvalue weighted by molar-refractivity contribution is 0.353. The van der Waals surface area contributed by atoms with Gasteiger partial charge in [0, 0.05) is 27.7 Å². The maximum absolute atomic E-state index is 5.40. The van der Waals surface area contributed by atoms with E-state index in [4.69, 9.17) is 9.47 Å². The van der Waals surface area contributed by atoms with E-state index in [9.17, 15) is 0 Å². The van der Waals surface area contributed by atoms with Gasteiger partial charge in [0.05, 0.1) is 20.8 Å². The molecule has 0 bridgehead atoms. The number of benzene rings is 1. The lowest BCUT2D eigenvalue weighted by Gasteiger charge is -2.23. The van der Waals surface area contributed by atoms with Crippen molar-refractivity contribution < 1.29 is 9.47 Å². The molecule has 0 aliphatic carbocycles. The molecule has 0 spiro atoms. The second-order valence-corrected chi connectivity index (χ2v) is 5.69. The standard InChI is InChI=1S/C17H26N6O2.HI/c1-12-7-14(24-5)15(25-6)8-13(12)10-22(3)17(18-2)19-9-16-20-11-21-23(16)4;/h7-8,11H,9-10H2,1-6H3,(H,18,19);1H. The van der Waals surface area contributed by atoms with E-state index in [1.807, 2.05) is 31.1 Å². The van der Waals surface area contributed by atoms with Crippen LogP contribution >= 0.6 is 24.0 Å². The highest BCUT2D eigenvalue weighted by Crippen LogP contribution is 2.30. The summed E-state index contributed by atoms with van der Waals surface area (Å²) < 4.78 is 12.5. The highest BCUT2D eigenvalue weighted by Gasteiger charge is 2.13. The fourth-order valence-electron chi connectivity index (χ4n) is 2.55. The molecule has 0 aliphatic rings. The molecule has 1 N–H and O–H groups in total. The Kier molecular flexibility index (Phi) is 8.62. The summed E-state index contributed by atoms with van der Waals surface area (Å²) in [5.41, 5.74) is 2.27. The van der Waals surface area contributed by atoms with Crippen LogP contribution in [0.5, 0.6) is 11.5 Å². The van der Waals surface area contributed by atoms with Gasteiger partial charge in [-0.05, 0) is 30.2 Å². The molecule has 0 radical (unpaired) electrons. The van der Waals surface area contributed by atoms with E-state index in [1.54, 1.807) is 25.9 Å². The number of nitrogens with zero attached hydrogens (tertiary/aromatic N) is 5. The molecule has 144 valence electrons. The third-order valence-corrected chi connectivity index (χ3v) is 4.03. The van der Waals surface area contributed by atoms with Gasteiger partial charge >= 0.3 is 0 Å². The number of hydrogen-bond acceptors (Lipinski definition) is 5. The first-order chi connectivity index (χ1) is 12.0. The number of aliphatic imine (C=N–C) groups is 1. The zero-order valence-electron chi connectivity index (χ0n) is 16.1. The molecule has 0 saturated carbocycles. The Hall–Kier alpha value is -2.04. The summed E-state index contributed by atoms with van der Waals surface area (Å²) in [5.74, 6) is 3.07. The van der Waals surface area contributed by atoms with Gasteiger partial charge in [0.25, 0.3) is 0 Å². The van der Waals surface area contributed by atoms with Gasteiger partial charge < -0.3 is 19.7 Å². The molecular formula is C17H27IN6O2. The number of methoxy groups -OCH3 is 2. The van der Waals surface area contributed by atoms with Crippen LogP contribution in [0.2, 0.25) is 0 Å². The van der Waals surface area contributed by atoms with Gasteiger partial charge in [0.1, 0.15) is 12.2 Å². The van der Waals surface area contributed by atoms with Gasteiger partial charge in [-0.2, -0.15) is 5.10 Å². The van der Waals surface area contributed by atoms with E-state index in [0.717, 1.165) is 34.4 Å². The number of nitrogens with one attached hydrogen (secondary N) is 1. The predicted octanol–water partition coefficient (Wildman–Crippen LogP) is 1.97. The van der Waals surface area contributed by atoms with Gasteiger partial charge in [-0.1, -0.05) is 0 Å². The van der Waals surface area contributed by atoms with Crippen molar-refractivity contribution in [3.8, 4) is 11.5 Å². The maximum Gasteiger partial charge on any atom is 0.194 e. The molecule has 1 aromatic heterocycles. The topological polar surface area (TPSA) is 76.8 Å². The van der Waals surface area contributed by atoms with Crippen LogP contribution in [0.4, 0.5) is 0 Å². The summed E-state index contributed by atoms with van der Waals surface area (Å²) in [6, 6.07) is 3.98. The molecule has 2 rings (SSSR count). The number of ether oxygens (including phenoxy) is 2. The van der Waals surface area contributed by atoms with Crippen LogP contribution in [0.15, 0.2) is 23.5 Å². The molecule has 1 heterocycles. The summed E-state index contributed by atoms with van der Waals surface area (Å²) >= 11 is 0. The highest BCUT2D eigenvalue weighted by atomic mass is 127. The van der Waals surface area contributed by atoms with Crippen LogP contribution in [-0.2, 0) is 20.1 Å². The van der Waals surface area contributed by atoms with Crippen molar-refractivity contribution in [2.75, 3.05) is 28.3 Å². The number of halogens is 1. The maximum atomic E-state index is 5.40. The highest BCUT2D eigenvalue weighted by molar-refractivity contribution is 14.0. The van der Waals surface area contributed by atoms with Crippen LogP contribution in [0.1, 0.15) is 17.0 Å². The Balaban J connectivity index is 0.00000338. The van der Waals surface area contributed by atoms with Crippen molar-refractivity contribution in [1.82, 2.24) is 25.0 Å². The molecule has 8 nitrogen and oxygen atoms in total. The number of guanidine groups is 1. The van der Waals surface area contributed by atoms with Crippen molar-refractivity contribution in [3.63, 3.8) is 0 Å². The number of rotatable bonds is 6. The third kappa shape index (κ3) is 5.23. The van der Waals surface area contributed by atoms with E-state index in [1.165, 1.54) is 6.33 Å². The Morgan fingerprint density at radius 1 is 1.27 bits per heavy atom. The fourth-order valence-corrected chi connectivity index (χ4v) is 2.55. The van der Waals surface area contributed by atoms with Crippen molar-refractivity contribution in [2.24, 2.45) is 12.0 Å². The van der Waals surface area contributed by atoms with Crippen molar-refractivity contribution in [1.29, 1.82) is 0 Å². The van der Waals surface area contributed by atoms with Gasteiger partial charge in [0.15, 0.2) is 17.5 Å². The van der Waals surface area contributed by atoms with E-state index >= 15 is 0 Å². The molecule has 0 fully saturated rings. The average Bonchev–Trinajstić information content (AvgIpc) is 3.01. The first-order valence-corrected chi connectivity index (χ1v) is 7.96. The molecule has 0 amide bonds. The van der Waals surface area contributed by atoms with Crippen LogP contribution in [0, 0.1) is 6.92 Å². The van der Waals surface area contributed by atoms with E-state index in [2.05, 4.69) is 27.3 Å². The Morgan fingerprint density at radius 2 is 1.92 bits per heavy atom. The van der Waals surface area contributed by atoms with Crippen molar-refractivity contribution >= 4 is 29.9 Å². The van der Waals surface area contributed by atoms with Gasteiger partial charge in [-0.15, -0.1) is 24.0 Å². The smallest absolute Gasteiger partial charge is 0.194 e. The minimum Gasteiger partial charge on any atom is -0.493 e. The average molecular weight is 474 g/mol. The Morgan fingerprint density at radius 3 is 2.46 bits per heavy atom. The normalized spacial score (nSPS) is 10.9. The molecule has 9 heteroatoms. The minimum atomic E-state index is 0. The molecule has 2 aromatic rings. The fraction of sp³-hybridized carbons (Fsp3) is 0.471. The van der Waals surface area contributed by atoms with Crippen LogP contribution < -0.4 is 14.8 Å². The Labute approximate surface area is 171 Å².